The van der Waals surface area contributed by atoms with Crippen LogP contribution in [0.25, 0.3) is 0 Å². The number of methoxy groups -OCH3 is 1. The number of nitrogens with one attached hydrogen (secondary N) is 1. The van der Waals surface area contributed by atoms with E-state index in [-0.39, 0.29) is 4.90 Å². The average Bonchev–Trinajstić information content (AvgIpc) is 2.54. The minimum Gasteiger partial charge on any atom is -0.465 e. The topological polar surface area (TPSA) is 72.5 Å². The van der Waals surface area contributed by atoms with Gasteiger partial charge in [-0.25, -0.2) is 17.9 Å². The summed E-state index contributed by atoms with van der Waals surface area (Å²) < 4.78 is 32.9. The number of sulfonamides is 1. The van der Waals surface area contributed by atoms with Gasteiger partial charge in [0.25, 0.3) is 0 Å². The zero-order valence-electron chi connectivity index (χ0n) is 12.6. The molecule has 0 fully saturated rings. The van der Waals surface area contributed by atoms with Gasteiger partial charge in [-0.05, 0) is 42.8 Å². The quantitative estimate of drug-likeness (QED) is 0.785. The molecule has 0 aliphatic heterocycles. The SMILES string of the molecule is COC(=O)c1ccc(S(=O)(=O)N[C@@H](C)c2ccccc2Br)cc1. The number of halogens is 1. The Morgan fingerprint density at radius 3 is 2.30 bits per heavy atom. The first kappa shape index (κ1) is 17.7. The number of ether oxygens (including phenoxy) is 1. The number of carbonyl (C=O) groups excluding carboxylic acids is 1. The molecule has 0 saturated carbocycles. The van der Waals surface area contributed by atoms with Crippen molar-refractivity contribution in [3.8, 4) is 0 Å². The Hall–Kier alpha value is -1.70. The summed E-state index contributed by atoms with van der Waals surface area (Å²) in [5, 5.41) is 0. The summed E-state index contributed by atoms with van der Waals surface area (Å²) >= 11 is 3.41. The van der Waals surface area contributed by atoms with Crippen molar-refractivity contribution in [3.63, 3.8) is 0 Å². The fraction of sp³-hybridized carbons (Fsp3) is 0.188. The second-order valence-corrected chi connectivity index (χ2v) is 7.45. The van der Waals surface area contributed by atoms with Crippen molar-refractivity contribution in [3.05, 3.63) is 64.1 Å². The van der Waals surface area contributed by atoms with Gasteiger partial charge in [-0.3, -0.25) is 0 Å². The number of hydrogen-bond donors (Lipinski definition) is 1. The van der Waals surface area contributed by atoms with Crippen molar-refractivity contribution in [1.82, 2.24) is 4.72 Å². The lowest BCUT2D eigenvalue weighted by Crippen LogP contribution is -2.27. The van der Waals surface area contributed by atoms with Gasteiger partial charge in [0.05, 0.1) is 17.6 Å². The highest BCUT2D eigenvalue weighted by atomic mass is 79.9. The molecule has 0 spiro atoms. The molecule has 0 unspecified atom stereocenters. The number of hydrogen-bond acceptors (Lipinski definition) is 4. The normalized spacial score (nSPS) is 12.7. The molecule has 122 valence electrons. The zero-order valence-corrected chi connectivity index (χ0v) is 15.0. The molecule has 2 aromatic carbocycles. The van der Waals surface area contributed by atoms with E-state index in [4.69, 9.17) is 0 Å². The standard InChI is InChI=1S/C16H16BrNO4S/c1-11(14-5-3-4-6-15(14)17)18-23(20,21)13-9-7-12(8-10-13)16(19)22-2/h3-11,18H,1-2H3/t11-/m0/s1. The van der Waals surface area contributed by atoms with E-state index >= 15 is 0 Å². The van der Waals surface area contributed by atoms with E-state index in [0.29, 0.717) is 5.56 Å². The molecule has 5 nitrogen and oxygen atoms in total. The van der Waals surface area contributed by atoms with Crippen molar-refractivity contribution in [2.24, 2.45) is 0 Å². The second-order valence-electron chi connectivity index (χ2n) is 4.88. The Morgan fingerprint density at radius 2 is 1.74 bits per heavy atom. The number of esters is 1. The lowest BCUT2D eigenvalue weighted by Gasteiger charge is -2.16. The zero-order chi connectivity index (χ0) is 17.0. The fourth-order valence-corrected chi connectivity index (χ4v) is 3.93. The molecule has 0 aliphatic rings. The maximum absolute atomic E-state index is 12.4. The van der Waals surface area contributed by atoms with Crippen LogP contribution < -0.4 is 4.72 Å². The van der Waals surface area contributed by atoms with Crippen molar-refractivity contribution in [2.75, 3.05) is 7.11 Å². The first-order chi connectivity index (χ1) is 10.8. The van der Waals surface area contributed by atoms with Crippen molar-refractivity contribution in [2.45, 2.75) is 17.9 Å². The van der Waals surface area contributed by atoms with Gasteiger partial charge in [-0.15, -0.1) is 0 Å². The van der Waals surface area contributed by atoms with Crippen LogP contribution in [0.3, 0.4) is 0 Å². The van der Waals surface area contributed by atoms with Crippen LogP contribution in [0.4, 0.5) is 0 Å². The third kappa shape index (κ3) is 4.19. The molecule has 0 saturated heterocycles. The maximum Gasteiger partial charge on any atom is 0.337 e. The highest BCUT2D eigenvalue weighted by Gasteiger charge is 2.20. The molecule has 23 heavy (non-hydrogen) atoms. The third-order valence-corrected chi connectivity index (χ3v) is 5.57. The van der Waals surface area contributed by atoms with Crippen molar-refractivity contribution in [1.29, 1.82) is 0 Å². The van der Waals surface area contributed by atoms with Gasteiger partial charge in [-0.1, -0.05) is 34.1 Å². The Bertz CT molecular complexity index is 803. The lowest BCUT2D eigenvalue weighted by molar-refractivity contribution is 0.0600. The Balaban J connectivity index is 2.22. The van der Waals surface area contributed by atoms with Gasteiger partial charge in [0.2, 0.25) is 10.0 Å². The van der Waals surface area contributed by atoms with Gasteiger partial charge in [0.15, 0.2) is 0 Å². The molecule has 7 heteroatoms. The predicted octanol–water partition coefficient (Wildman–Crippen LogP) is 3.28. The number of rotatable bonds is 5. The highest BCUT2D eigenvalue weighted by molar-refractivity contribution is 9.10. The van der Waals surface area contributed by atoms with E-state index in [1.54, 1.807) is 6.92 Å². The molecular weight excluding hydrogens is 382 g/mol. The summed E-state index contributed by atoms with van der Waals surface area (Å²) in [6.45, 7) is 1.76. The lowest BCUT2D eigenvalue weighted by atomic mass is 10.1. The average molecular weight is 398 g/mol. The first-order valence-electron chi connectivity index (χ1n) is 6.80. The van der Waals surface area contributed by atoms with Crippen molar-refractivity contribution < 1.29 is 17.9 Å². The summed E-state index contributed by atoms with van der Waals surface area (Å²) in [6, 6.07) is 12.6. The molecular formula is C16H16BrNO4S. The van der Waals surface area contributed by atoms with Crippen LogP contribution in [0.2, 0.25) is 0 Å². The second kappa shape index (κ2) is 7.25. The van der Waals surface area contributed by atoms with E-state index in [9.17, 15) is 13.2 Å². The van der Waals surface area contributed by atoms with Gasteiger partial charge >= 0.3 is 5.97 Å². The van der Waals surface area contributed by atoms with Gasteiger partial charge < -0.3 is 4.74 Å². The fourth-order valence-electron chi connectivity index (χ4n) is 2.08. The van der Waals surface area contributed by atoms with E-state index in [1.165, 1.54) is 31.4 Å². The molecule has 1 atom stereocenters. The van der Waals surface area contributed by atoms with Crippen LogP contribution in [0.1, 0.15) is 28.9 Å². The third-order valence-electron chi connectivity index (χ3n) is 3.29. The van der Waals surface area contributed by atoms with Crippen LogP contribution in [-0.2, 0) is 14.8 Å². The molecule has 0 bridgehead atoms. The predicted molar refractivity (Wildman–Crippen MR) is 90.7 cm³/mol. The Kier molecular flexibility index (Phi) is 5.56. The Morgan fingerprint density at radius 1 is 1.13 bits per heavy atom. The van der Waals surface area contributed by atoms with Crippen molar-refractivity contribution >= 4 is 31.9 Å². The monoisotopic (exact) mass is 397 g/mol. The summed E-state index contributed by atoms with van der Waals surface area (Å²) in [5.41, 5.74) is 1.13. The van der Waals surface area contributed by atoms with Crippen LogP contribution >= 0.6 is 15.9 Å². The molecule has 0 radical (unpaired) electrons. The first-order valence-corrected chi connectivity index (χ1v) is 9.08. The summed E-state index contributed by atoms with van der Waals surface area (Å²) in [4.78, 5) is 11.5. The van der Waals surface area contributed by atoms with Crippen LogP contribution in [0.15, 0.2) is 57.9 Å². The molecule has 2 rings (SSSR count). The van der Waals surface area contributed by atoms with Crippen LogP contribution in [-0.4, -0.2) is 21.5 Å². The Labute approximate surface area is 143 Å². The maximum atomic E-state index is 12.4. The van der Waals surface area contributed by atoms with Crippen LogP contribution in [0.5, 0.6) is 0 Å². The molecule has 0 amide bonds. The minimum atomic E-state index is -3.70. The summed E-state index contributed by atoms with van der Waals surface area (Å²) in [7, 11) is -2.42. The molecule has 2 aromatic rings. The number of benzene rings is 2. The summed E-state index contributed by atoms with van der Waals surface area (Å²) in [6.07, 6.45) is 0. The molecule has 1 N–H and O–H groups in total. The number of carbonyl (C=O) groups is 1. The minimum absolute atomic E-state index is 0.0871. The van der Waals surface area contributed by atoms with E-state index in [0.717, 1.165) is 10.0 Å². The molecule has 0 aliphatic carbocycles. The van der Waals surface area contributed by atoms with Gasteiger partial charge in [-0.2, -0.15) is 0 Å². The smallest absolute Gasteiger partial charge is 0.337 e. The van der Waals surface area contributed by atoms with E-state index in [2.05, 4.69) is 25.4 Å². The van der Waals surface area contributed by atoms with Gasteiger partial charge in [0, 0.05) is 10.5 Å². The largest absolute Gasteiger partial charge is 0.465 e. The summed E-state index contributed by atoms with van der Waals surface area (Å²) in [5.74, 6) is -0.511. The molecule has 0 aromatic heterocycles. The van der Waals surface area contributed by atoms with E-state index in [1.807, 2.05) is 24.3 Å². The van der Waals surface area contributed by atoms with Crippen LogP contribution in [0, 0.1) is 0 Å². The van der Waals surface area contributed by atoms with Gasteiger partial charge in [0.1, 0.15) is 0 Å². The van der Waals surface area contributed by atoms with E-state index < -0.39 is 22.0 Å². The molecule has 0 heterocycles. The highest BCUT2D eigenvalue weighted by Crippen LogP contribution is 2.24.